The Morgan fingerprint density at radius 1 is 1.24 bits per heavy atom. The van der Waals surface area contributed by atoms with Crippen molar-refractivity contribution in [2.75, 3.05) is 19.3 Å². The van der Waals surface area contributed by atoms with Gasteiger partial charge in [-0.1, -0.05) is 13.0 Å². The molecule has 0 aliphatic heterocycles. The van der Waals surface area contributed by atoms with E-state index < -0.39 is 15.7 Å². The molecule has 1 aromatic carbocycles. The van der Waals surface area contributed by atoms with Gasteiger partial charge in [-0.25, -0.2) is 22.8 Å². The molecular weight excluding hydrogens is 411 g/mol. The van der Waals surface area contributed by atoms with Gasteiger partial charge in [-0.3, -0.25) is 0 Å². The fraction of sp³-hybridized carbons (Fsp3) is 0.500. The quantitative estimate of drug-likeness (QED) is 0.463. The van der Waals surface area contributed by atoms with Crippen LogP contribution in [0.4, 0.5) is 4.39 Å². The molecule has 0 bridgehead atoms. The van der Waals surface area contributed by atoms with E-state index in [0.717, 1.165) is 23.5 Å². The summed E-state index contributed by atoms with van der Waals surface area (Å²) in [7, 11) is -3.22. The number of sulfone groups is 1. The lowest BCUT2D eigenvalue weighted by Gasteiger charge is -2.12. The second kappa shape index (κ2) is 10.7. The van der Waals surface area contributed by atoms with E-state index in [9.17, 15) is 12.8 Å². The molecule has 0 aliphatic carbocycles. The number of aromatic nitrogens is 1. The molecule has 0 unspecified atom stereocenters. The standard InChI is InChI=1S/C20H29FN4O2S2/c1-5-18-14(3)28-19(25-18)9-10-23-20(22-6-2)24-12-16-11-17(21)8-7-15(16)13-29(4,26)27/h7-8,11H,5-6,9-10,12-13H2,1-4H3,(H2,22,23,24). The molecule has 9 heteroatoms. The Hall–Kier alpha value is -2.00. The predicted octanol–water partition coefficient (Wildman–Crippen LogP) is 3.00. The summed E-state index contributed by atoms with van der Waals surface area (Å²) in [6.07, 6.45) is 2.89. The second-order valence-corrected chi connectivity index (χ2v) is 10.2. The number of benzene rings is 1. The third kappa shape index (κ3) is 7.74. The summed E-state index contributed by atoms with van der Waals surface area (Å²) in [6, 6.07) is 4.13. The van der Waals surface area contributed by atoms with Crippen LogP contribution in [0, 0.1) is 12.7 Å². The van der Waals surface area contributed by atoms with Gasteiger partial charge in [0.05, 0.1) is 23.0 Å². The third-order valence-corrected chi connectivity index (χ3v) is 6.15. The van der Waals surface area contributed by atoms with Gasteiger partial charge in [0, 0.05) is 30.6 Å². The minimum atomic E-state index is -3.22. The molecule has 0 aliphatic rings. The van der Waals surface area contributed by atoms with Crippen molar-refractivity contribution < 1.29 is 12.8 Å². The largest absolute Gasteiger partial charge is 0.357 e. The molecule has 0 saturated carbocycles. The van der Waals surface area contributed by atoms with Crippen LogP contribution in [0.1, 0.15) is 40.6 Å². The van der Waals surface area contributed by atoms with Gasteiger partial charge >= 0.3 is 0 Å². The Morgan fingerprint density at radius 3 is 2.62 bits per heavy atom. The Kier molecular flexibility index (Phi) is 8.58. The van der Waals surface area contributed by atoms with Gasteiger partial charge in [0.15, 0.2) is 15.8 Å². The maximum Gasteiger partial charge on any atom is 0.191 e. The van der Waals surface area contributed by atoms with Crippen molar-refractivity contribution in [1.29, 1.82) is 0 Å². The van der Waals surface area contributed by atoms with E-state index in [-0.39, 0.29) is 12.3 Å². The van der Waals surface area contributed by atoms with Crippen LogP contribution in [0.5, 0.6) is 0 Å². The summed E-state index contributed by atoms with van der Waals surface area (Å²) < 4.78 is 37.0. The van der Waals surface area contributed by atoms with Crippen molar-refractivity contribution in [3.8, 4) is 0 Å². The molecule has 2 rings (SSSR count). The molecule has 2 N–H and O–H groups in total. The molecule has 0 amide bonds. The molecule has 6 nitrogen and oxygen atoms in total. The maximum absolute atomic E-state index is 13.7. The van der Waals surface area contributed by atoms with Crippen molar-refractivity contribution in [3.63, 3.8) is 0 Å². The maximum atomic E-state index is 13.7. The first-order valence-corrected chi connectivity index (χ1v) is 12.5. The highest BCUT2D eigenvalue weighted by atomic mass is 32.2. The molecule has 2 aromatic rings. The number of rotatable bonds is 9. The summed E-state index contributed by atoms with van der Waals surface area (Å²) >= 11 is 1.71. The van der Waals surface area contributed by atoms with Crippen LogP contribution in [-0.2, 0) is 35.0 Å². The zero-order valence-corrected chi connectivity index (χ0v) is 19.0. The number of aryl methyl sites for hydroxylation is 2. The molecule has 1 aromatic heterocycles. The smallest absolute Gasteiger partial charge is 0.191 e. The first-order valence-electron chi connectivity index (χ1n) is 9.64. The lowest BCUT2D eigenvalue weighted by molar-refractivity contribution is 0.600. The highest BCUT2D eigenvalue weighted by Crippen LogP contribution is 2.18. The first kappa shape index (κ1) is 23.3. The minimum Gasteiger partial charge on any atom is -0.357 e. The topological polar surface area (TPSA) is 83.5 Å². The average Bonchev–Trinajstić information content (AvgIpc) is 3.00. The number of nitrogens with one attached hydrogen (secondary N) is 2. The van der Waals surface area contributed by atoms with Crippen LogP contribution >= 0.6 is 11.3 Å². The monoisotopic (exact) mass is 440 g/mol. The molecular formula is C20H29FN4O2S2. The zero-order valence-electron chi connectivity index (χ0n) is 17.4. The van der Waals surface area contributed by atoms with E-state index in [1.54, 1.807) is 11.3 Å². The van der Waals surface area contributed by atoms with Crippen LogP contribution in [0.2, 0.25) is 0 Å². The number of thiazole rings is 1. The van der Waals surface area contributed by atoms with Gasteiger partial charge < -0.3 is 10.6 Å². The first-order chi connectivity index (χ1) is 13.7. The Bertz CT molecular complexity index is 955. The molecule has 0 atom stereocenters. The van der Waals surface area contributed by atoms with Crippen molar-refractivity contribution in [3.05, 3.63) is 50.7 Å². The van der Waals surface area contributed by atoms with Crippen molar-refractivity contribution in [2.24, 2.45) is 4.99 Å². The molecule has 160 valence electrons. The number of guanidine groups is 1. The van der Waals surface area contributed by atoms with Crippen LogP contribution in [0.25, 0.3) is 0 Å². The van der Waals surface area contributed by atoms with Crippen molar-refractivity contribution in [1.82, 2.24) is 15.6 Å². The van der Waals surface area contributed by atoms with E-state index in [1.165, 1.54) is 29.3 Å². The van der Waals surface area contributed by atoms with E-state index in [4.69, 9.17) is 0 Å². The fourth-order valence-corrected chi connectivity index (χ4v) is 4.75. The molecule has 1 heterocycles. The average molecular weight is 441 g/mol. The molecule has 0 spiro atoms. The summed E-state index contributed by atoms with van der Waals surface area (Å²) in [5.41, 5.74) is 2.28. The molecule has 0 fully saturated rings. The second-order valence-electron chi connectivity index (χ2n) is 6.82. The van der Waals surface area contributed by atoms with E-state index in [0.29, 0.717) is 30.2 Å². The SMILES string of the molecule is CCNC(=NCc1cc(F)ccc1CS(C)(=O)=O)NCCc1nc(CC)c(C)s1. The van der Waals surface area contributed by atoms with Gasteiger partial charge in [-0.05, 0) is 43.5 Å². The Labute approximate surface area is 176 Å². The zero-order chi connectivity index (χ0) is 21.4. The lowest BCUT2D eigenvalue weighted by atomic mass is 10.1. The lowest BCUT2D eigenvalue weighted by Crippen LogP contribution is -2.38. The van der Waals surface area contributed by atoms with Crippen molar-refractivity contribution >= 4 is 27.1 Å². The van der Waals surface area contributed by atoms with Gasteiger partial charge in [0.25, 0.3) is 0 Å². The Balaban J connectivity index is 2.05. The summed E-state index contributed by atoms with van der Waals surface area (Å²) in [5, 5.41) is 7.51. The summed E-state index contributed by atoms with van der Waals surface area (Å²) in [5.74, 6) is 0.0629. The number of halogens is 1. The number of nitrogens with zero attached hydrogens (tertiary/aromatic N) is 2. The molecule has 0 radical (unpaired) electrons. The highest BCUT2D eigenvalue weighted by molar-refractivity contribution is 7.89. The van der Waals surface area contributed by atoms with Crippen LogP contribution in [-0.4, -0.2) is 38.7 Å². The predicted molar refractivity (Wildman–Crippen MR) is 118 cm³/mol. The summed E-state index contributed by atoms with van der Waals surface area (Å²) in [6.45, 7) is 7.69. The highest BCUT2D eigenvalue weighted by Gasteiger charge is 2.11. The normalized spacial score (nSPS) is 12.2. The molecule has 0 saturated heterocycles. The van der Waals surface area contributed by atoms with E-state index >= 15 is 0 Å². The van der Waals surface area contributed by atoms with Crippen LogP contribution in [0.15, 0.2) is 23.2 Å². The van der Waals surface area contributed by atoms with Gasteiger partial charge in [0.2, 0.25) is 0 Å². The number of aliphatic imine (C=N–C) groups is 1. The third-order valence-electron chi connectivity index (χ3n) is 4.24. The Morgan fingerprint density at radius 2 is 2.00 bits per heavy atom. The van der Waals surface area contributed by atoms with Crippen molar-refractivity contribution in [2.45, 2.75) is 45.9 Å². The minimum absolute atomic E-state index is 0.134. The number of hydrogen-bond acceptors (Lipinski definition) is 5. The summed E-state index contributed by atoms with van der Waals surface area (Å²) in [4.78, 5) is 10.4. The van der Waals surface area contributed by atoms with E-state index in [1.807, 2.05) is 6.92 Å². The molecule has 29 heavy (non-hydrogen) atoms. The van der Waals surface area contributed by atoms with Gasteiger partial charge in [-0.2, -0.15) is 0 Å². The van der Waals surface area contributed by atoms with E-state index in [2.05, 4.69) is 34.5 Å². The number of hydrogen-bond donors (Lipinski definition) is 2. The van der Waals surface area contributed by atoms with Gasteiger partial charge in [0.1, 0.15) is 5.82 Å². The fourth-order valence-electron chi connectivity index (χ4n) is 2.88. The van der Waals surface area contributed by atoms with Gasteiger partial charge in [-0.15, -0.1) is 11.3 Å². The van der Waals surface area contributed by atoms with Crippen LogP contribution in [0.3, 0.4) is 0 Å². The van der Waals surface area contributed by atoms with Crippen LogP contribution < -0.4 is 10.6 Å².